The summed E-state index contributed by atoms with van der Waals surface area (Å²) in [6.45, 7) is 0. The number of carbonyl (C=O) groups excluding carboxylic acids is 2. The van der Waals surface area contributed by atoms with E-state index < -0.39 is 5.91 Å². The van der Waals surface area contributed by atoms with Crippen LogP contribution in [0.5, 0.6) is 0 Å². The van der Waals surface area contributed by atoms with Crippen molar-refractivity contribution >= 4 is 44.9 Å². The van der Waals surface area contributed by atoms with E-state index in [0.29, 0.717) is 27.3 Å². The van der Waals surface area contributed by atoms with Crippen LogP contribution in [-0.2, 0) is 0 Å². The first-order valence-corrected chi connectivity index (χ1v) is 9.16. The molecule has 0 saturated carbocycles. The summed E-state index contributed by atoms with van der Waals surface area (Å²) in [6, 6.07) is 14.5. The molecule has 0 aliphatic carbocycles. The van der Waals surface area contributed by atoms with E-state index in [9.17, 15) is 9.59 Å². The van der Waals surface area contributed by atoms with E-state index in [-0.39, 0.29) is 10.8 Å². The summed E-state index contributed by atoms with van der Waals surface area (Å²) in [5.74, 6) is -0.569. The number of nitrogens with two attached hydrogens (primary N) is 2. The summed E-state index contributed by atoms with van der Waals surface area (Å²) >= 11 is 1.11. The van der Waals surface area contributed by atoms with Gasteiger partial charge in [0.05, 0.1) is 5.69 Å². The number of nitrogens with zero attached hydrogens (tertiary/aromatic N) is 2. The molecule has 4 rings (SSSR count). The zero-order valence-electron chi connectivity index (χ0n) is 14.5. The molecule has 5 N–H and O–H groups in total. The minimum absolute atomic E-state index is 0.247. The number of aromatic nitrogens is 2. The molecule has 28 heavy (non-hydrogen) atoms. The second-order valence-corrected chi connectivity index (χ2v) is 7.00. The number of fused-ring (bicyclic) bond motifs is 1. The Bertz CT molecular complexity index is 1190. The van der Waals surface area contributed by atoms with Crippen molar-refractivity contribution in [1.29, 1.82) is 0 Å². The molecule has 0 bridgehead atoms. The lowest BCUT2D eigenvalue weighted by Gasteiger charge is -2.09. The quantitative estimate of drug-likeness (QED) is 0.494. The van der Waals surface area contributed by atoms with Gasteiger partial charge in [-0.15, -0.1) is 11.3 Å². The number of nitrogens with one attached hydrogen (secondary N) is 1. The van der Waals surface area contributed by atoms with Gasteiger partial charge in [-0.2, -0.15) is 0 Å². The maximum Gasteiger partial charge on any atom is 0.260 e. The van der Waals surface area contributed by atoms with Crippen LogP contribution in [0.25, 0.3) is 21.3 Å². The van der Waals surface area contributed by atoms with Gasteiger partial charge in [0.1, 0.15) is 15.5 Å². The Morgan fingerprint density at radius 2 is 1.75 bits per heavy atom. The van der Waals surface area contributed by atoms with E-state index in [1.54, 1.807) is 30.6 Å². The van der Waals surface area contributed by atoms with Gasteiger partial charge in [0.25, 0.3) is 11.8 Å². The van der Waals surface area contributed by atoms with E-state index in [1.165, 1.54) is 0 Å². The molecule has 138 valence electrons. The molecule has 8 heteroatoms. The molecule has 0 radical (unpaired) electrons. The zero-order valence-corrected chi connectivity index (χ0v) is 15.4. The van der Waals surface area contributed by atoms with Gasteiger partial charge in [-0.3, -0.25) is 14.6 Å². The van der Waals surface area contributed by atoms with Crippen LogP contribution in [0, 0.1) is 0 Å². The second-order valence-electron chi connectivity index (χ2n) is 6.00. The number of amides is 2. The van der Waals surface area contributed by atoms with Crippen LogP contribution in [0.2, 0.25) is 0 Å². The number of pyridine rings is 2. The van der Waals surface area contributed by atoms with E-state index in [4.69, 9.17) is 11.5 Å². The molecule has 4 aromatic rings. The lowest BCUT2D eigenvalue weighted by Crippen LogP contribution is -2.13. The van der Waals surface area contributed by atoms with E-state index in [1.807, 2.05) is 30.3 Å². The lowest BCUT2D eigenvalue weighted by atomic mass is 10.0. The highest BCUT2D eigenvalue weighted by molar-refractivity contribution is 7.21. The molecule has 1 aromatic carbocycles. The van der Waals surface area contributed by atoms with Gasteiger partial charge >= 0.3 is 0 Å². The van der Waals surface area contributed by atoms with Gasteiger partial charge in [-0.1, -0.05) is 30.3 Å². The highest BCUT2D eigenvalue weighted by Gasteiger charge is 2.20. The van der Waals surface area contributed by atoms with Crippen molar-refractivity contribution in [1.82, 2.24) is 9.97 Å². The molecular weight excluding hydrogens is 374 g/mol. The van der Waals surface area contributed by atoms with E-state index >= 15 is 0 Å². The van der Waals surface area contributed by atoms with Crippen LogP contribution in [0.4, 0.5) is 11.5 Å². The largest absolute Gasteiger partial charge is 0.397 e. The highest BCUT2D eigenvalue weighted by Crippen LogP contribution is 2.40. The molecule has 0 spiro atoms. The molecule has 0 aliphatic heterocycles. The number of hydrogen-bond acceptors (Lipinski definition) is 6. The monoisotopic (exact) mass is 389 g/mol. The number of anilines is 2. The fraction of sp³-hybridized carbons (Fsp3) is 0. The van der Waals surface area contributed by atoms with Crippen molar-refractivity contribution < 1.29 is 9.59 Å². The highest BCUT2D eigenvalue weighted by atomic mass is 32.1. The molecule has 0 saturated heterocycles. The Kier molecular flexibility index (Phi) is 4.46. The Morgan fingerprint density at radius 3 is 2.43 bits per heavy atom. The molecule has 0 unspecified atom stereocenters. The Labute approximate surface area is 164 Å². The third-order valence-electron chi connectivity index (χ3n) is 4.19. The number of carbonyl (C=O) groups is 2. The summed E-state index contributed by atoms with van der Waals surface area (Å²) < 4.78 is 0. The van der Waals surface area contributed by atoms with Crippen LogP contribution in [0.3, 0.4) is 0 Å². The lowest BCUT2D eigenvalue weighted by molar-refractivity contribution is 0.100. The normalized spacial score (nSPS) is 10.7. The molecule has 0 fully saturated rings. The van der Waals surface area contributed by atoms with Crippen molar-refractivity contribution in [3.63, 3.8) is 0 Å². The first kappa shape index (κ1) is 17.6. The van der Waals surface area contributed by atoms with Gasteiger partial charge in [0.15, 0.2) is 0 Å². The molecule has 7 nitrogen and oxygen atoms in total. The summed E-state index contributed by atoms with van der Waals surface area (Å²) in [5.41, 5.74) is 14.0. The van der Waals surface area contributed by atoms with Gasteiger partial charge in [0, 0.05) is 23.3 Å². The van der Waals surface area contributed by atoms with Gasteiger partial charge in [0.2, 0.25) is 0 Å². The number of hydrogen-bond donors (Lipinski definition) is 3. The Hall–Kier alpha value is -3.78. The molecule has 3 heterocycles. The number of nitrogen functional groups attached to an aromatic ring is 1. The third kappa shape index (κ3) is 3.17. The second kappa shape index (κ2) is 7.09. The molecule has 0 aliphatic rings. The molecule has 3 aromatic heterocycles. The number of benzene rings is 1. The van der Waals surface area contributed by atoms with Gasteiger partial charge < -0.3 is 16.8 Å². The molecular formula is C20H15N5O2S. The van der Waals surface area contributed by atoms with Crippen LogP contribution in [0.15, 0.2) is 60.9 Å². The smallest absolute Gasteiger partial charge is 0.260 e. The van der Waals surface area contributed by atoms with Crippen molar-refractivity contribution in [2.24, 2.45) is 5.73 Å². The number of thiophene rings is 1. The molecule has 2 amide bonds. The van der Waals surface area contributed by atoms with Crippen LogP contribution >= 0.6 is 11.3 Å². The number of rotatable bonds is 4. The SMILES string of the molecule is NC(=O)c1sc2nc(NC(=O)c3ccncc3)cc(-c3ccccc3)c2c1N. The summed E-state index contributed by atoms with van der Waals surface area (Å²) in [5, 5.41) is 3.44. The standard InChI is InChI=1S/C20H15N5O2S/c21-16-15-13(11-4-2-1-3-5-11)10-14(25-20(15)28-17(16)18(22)26)24-19(27)12-6-8-23-9-7-12/h1-10H,21H2,(H2,22,26)(H,24,25,27). The van der Waals surface area contributed by atoms with Crippen LogP contribution < -0.4 is 16.8 Å². The Balaban J connectivity index is 1.87. The summed E-state index contributed by atoms with van der Waals surface area (Å²) in [4.78, 5) is 33.4. The first-order valence-electron chi connectivity index (χ1n) is 8.34. The van der Waals surface area contributed by atoms with Crippen molar-refractivity contribution in [2.75, 3.05) is 11.1 Å². The minimum Gasteiger partial charge on any atom is -0.397 e. The van der Waals surface area contributed by atoms with Crippen LogP contribution in [0.1, 0.15) is 20.0 Å². The van der Waals surface area contributed by atoms with Crippen molar-refractivity contribution in [3.8, 4) is 11.1 Å². The van der Waals surface area contributed by atoms with Gasteiger partial charge in [-0.05, 0) is 29.3 Å². The van der Waals surface area contributed by atoms with Crippen LogP contribution in [-0.4, -0.2) is 21.8 Å². The summed E-state index contributed by atoms with van der Waals surface area (Å²) in [6.07, 6.45) is 3.08. The predicted octanol–water partition coefficient (Wildman–Crippen LogP) is 3.29. The third-order valence-corrected chi connectivity index (χ3v) is 5.31. The zero-order chi connectivity index (χ0) is 19.7. The van der Waals surface area contributed by atoms with E-state index in [0.717, 1.165) is 22.5 Å². The average Bonchev–Trinajstić information content (AvgIpc) is 3.05. The average molecular weight is 389 g/mol. The molecule has 0 atom stereocenters. The number of primary amides is 1. The van der Waals surface area contributed by atoms with Gasteiger partial charge in [-0.25, -0.2) is 4.98 Å². The summed E-state index contributed by atoms with van der Waals surface area (Å²) in [7, 11) is 0. The van der Waals surface area contributed by atoms with Crippen molar-refractivity contribution in [3.05, 3.63) is 71.4 Å². The topological polar surface area (TPSA) is 124 Å². The maximum absolute atomic E-state index is 12.5. The minimum atomic E-state index is -0.609. The maximum atomic E-state index is 12.5. The fourth-order valence-corrected chi connectivity index (χ4v) is 3.88. The Morgan fingerprint density at radius 1 is 1.04 bits per heavy atom. The first-order chi connectivity index (χ1) is 13.5. The predicted molar refractivity (Wildman–Crippen MR) is 110 cm³/mol. The fourth-order valence-electron chi connectivity index (χ4n) is 2.91. The van der Waals surface area contributed by atoms with Crippen molar-refractivity contribution in [2.45, 2.75) is 0 Å². The van der Waals surface area contributed by atoms with E-state index in [2.05, 4.69) is 15.3 Å².